The van der Waals surface area contributed by atoms with Crippen molar-refractivity contribution in [3.05, 3.63) is 54.2 Å². The number of hydrogen-bond acceptors (Lipinski definition) is 4. The van der Waals surface area contributed by atoms with Crippen LogP contribution in [0.2, 0.25) is 0 Å². The SMILES string of the molecule is COc1ccc(-c2c(C)noc2-c2ccccc2O)cc1. The zero-order valence-corrected chi connectivity index (χ0v) is 11.8. The predicted molar refractivity (Wildman–Crippen MR) is 80.3 cm³/mol. The van der Waals surface area contributed by atoms with Crippen LogP contribution in [0.15, 0.2) is 53.1 Å². The molecule has 3 aromatic rings. The summed E-state index contributed by atoms with van der Waals surface area (Å²) >= 11 is 0. The van der Waals surface area contributed by atoms with Crippen LogP contribution in [0, 0.1) is 6.92 Å². The number of phenolic OH excluding ortho intramolecular Hbond substituents is 1. The lowest BCUT2D eigenvalue weighted by Gasteiger charge is -2.06. The highest BCUT2D eigenvalue weighted by Gasteiger charge is 2.19. The summed E-state index contributed by atoms with van der Waals surface area (Å²) in [4.78, 5) is 0. The lowest BCUT2D eigenvalue weighted by molar-refractivity contribution is 0.415. The fourth-order valence-electron chi connectivity index (χ4n) is 2.32. The summed E-state index contributed by atoms with van der Waals surface area (Å²) in [5.74, 6) is 1.52. The Morgan fingerprint density at radius 3 is 2.43 bits per heavy atom. The van der Waals surface area contributed by atoms with Gasteiger partial charge >= 0.3 is 0 Å². The maximum Gasteiger partial charge on any atom is 0.178 e. The van der Waals surface area contributed by atoms with Gasteiger partial charge in [-0.25, -0.2) is 0 Å². The molecule has 0 unspecified atom stereocenters. The van der Waals surface area contributed by atoms with Crippen molar-refractivity contribution in [2.75, 3.05) is 7.11 Å². The fraction of sp³-hybridized carbons (Fsp3) is 0.118. The van der Waals surface area contributed by atoms with E-state index in [2.05, 4.69) is 5.16 Å². The van der Waals surface area contributed by atoms with Crippen molar-refractivity contribution < 1.29 is 14.4 Å². The molecule has 0 atom stereocenters. The lowest BCUT2D eigenvalue weighted by Crippen LogP contribution is -1.86. The second-order valence-corrected chi connectivity index (χ2v) is 4.72. The maximum absolute atomic E-state index is 10.0. The standard InChI is InChI=1S/C17H15NO3/c1-11-16(12-7-9-13(20-2)10-8-12)17(21-18-11)14-5-3-4-6-15(14)19/h3-10,19H,1-2H3. The third-order valence-corrected chi connectivity index (χ3v) is 3.39. The highest BCUT2D eigenvalue weighted by molar-refractivity contribution is 5.83. The van der Waals surface area contributed by atoms with Crippen LogP contribution in [0.3, 0.4) is 0 Å². The Hall–Kier alpha value is -2.75. The number of methoxy groups -OCH3 is 1. The van der Waals surface area contributed by atoms with Crippen molar-refractivity contribution in [2.45, 2.75) is 6.92 Å². The summed E-state index contributed by atoms with van der Waals surface area (Å²) < 4.78 is 10.6. The molecule has 0 amide bonds. The Balaban J connectivity index is 2.15. The Morgan fingerprint density at radius 2 is 1.76 bits per heavy atom. The van der Waals surface area contributed by atoms with Crippen LogP contribution in [0.4, 0.5) is 0 Å². The van der Waals surface area contributed by atoms with Gasteiger partial charge < -0.3 is 14.4 Å². The van der Waals surface area contributed by atoms with Gasteiger partial charge in [-0.15, -0.1) is 0 Å². The van der Waals surface area contributed by atoms with Crippen molar-refractivity contribution in [1.29, 1.82) is 0 Å². The van der Waals surface area contributed by atoms with E-state index in [-0.39, 0.29) is 5.75 Å². The molecule has 0 fully saturated rings. The summed E-state index contributed by atoms with van der Waals surface area (Å²) in [7, 11) is 1.63. The van der Waals surface area contributed by atoms with E-state index in [0.29, 0.717) is 11.3 Å². The van der Waals surface area contributed by atoms with Gasteiger partial charge in [0.15, 0.2) is 5.76 Å². The van der Waals surface area contributed by atoms with E-state index in [0.717, 1.165) is 22.6 Å². The second kappa shape index (κ2) is 5.32. The molecular weight excluding hydrogens is 266 g/mol. The third kappa shape index (κ3) is 2.36. The summed E-state index contributed by atoms with van der Waals surface area (Å²) in [6, 6.07) is 14.7. The number of benzene rings is 2. The van der Waals surface area contributed by atoms with Gasteiger partial charge in [-0.1, -0.05) is 29.4 Å². The molecule has 0 saturated carbocycles. The summed E-state index contributed by atoms with van der Waals surface area (Å²) in [6.07, 6.45) is 0. The smallest absolute Gasteiger partial charge is 0.178 e. The largest absolute Gasteiger partial charge is 0.507 e. The van der Waals surface area contributed by atoms with Crippen LogP contribution >= 0.6 is 0 Å². The van der Waals surface area contributed by atoms with Gasteiger partial charge in [0.25, 0.3) is 0 Å². The summed E-state index contributed by atoms with van der Waals surface area (Å²) in [5.41, 5.74) is 3.24. The molecule has 3 rings (SSSR count). The first-order chi connectivity index (χ1) is 10.2. The number of nitrogens with zero attached hydrogens (tertiary/aromatic N) is 1. The monoisotopic (exact) mass is 281 g/mol. The first-order valence-electron chi connectivity index (χ1n) is 6.60. The van der Waals surface area contributed by atoms with Crippen LogP contribution in [-0.4, -0.2) is 17.4 Å². The van der Waals surface area contributed by atoms with E-state index in [9.17, 15) is 5.11 Å². The molecule has 0 saturated heterocycles. The minimum absolute atomic E-state index is 0.170. The highest BCUT2D eigenvalue weighted by atomic mass is 16.5. The van der Waals surface area contributed by atoms with Crippen molar-refractivity contribution in [3.8, 4) is 33.9 Å². The van der Waals surface area contributed by atoms with E-state index in [1.807, 2.05) is 43.3 Å². The van der Waals surface area contributed by atoms with Gasteiger partial charge in [0.1, 0.15) is 11.5 Å². The molecular formula is C17H15NO3. The van der Waals surface area contributed by atoms with E-state index in [1.54, 1.807) is 19.2 Å². The Labute approximate surface area is 122 Å². The van der Waals surface area contributed by atoms with Gasteiger partial charge in [0.2, 0.25) is 0 Å². The van der Waals surface area contributed by atoms with Crippen molar-refractivity contribution >= 4 is 0 Å². The molecule has 0 aliphatic rings. The average molecular weight is 281 g/mol. The number of hydrogen-bond donors (Lipinski definition) is 1. The topological polar surface area (TPSA) is 55.5 Å². The normalized spacial score (nSPS) is 10.6. The molecule has 4 heteroatoms. The Morgan fingerprint density at radius 1 is 1.05 bits per heavy atom. The van der Waals surface area contributed by atoms with Crippen LogP contribution in [0.5, 0.6) is 11.5 Å². The molecule has 0 spiro atoms. The molecule has 21 heavy (non-hydrogen) atoms. The molecule has 1 aromatic heterocycles. The summed E-state index contributed by atoms with van der Waals surface area (Å²) in [5, 5.41) is 14.1. The maximum atomic E-state index is 10.0. The molecule has 0 bridgehead atoms. The van der Waals surface area contributed by atoms with Crippen LogP contribution in [0.25, 0.3) is 22.5 Å². The van der Waals surface area contributed by atoms with Crippen molar-refractivity contribution in [1.82, 2.24) is 5.16 Å². The first-order valence-corrected chi connectivity index (χ1v) is 6.60. The number of phenols is 1. The van der Waals surface area contributed by atoms with Crippen LogP contribution < -0.4 is 4.74 Å². The zero-order valence-electron chi connectivity index (χ0n) is 11.8. The van der Waals surface area contributed by atoms with Crippen molar-refractivity contribution in [3.63, 3.8) is 0 Å². The fourth-order valence-corrected chi connectivity index (χ4v) is 2.32. The third-order valence-electron chi connectivity index (χ3n) is 3.39. The second-order valence-electron chi connectivity index (χ2n) is 4.72. The molecule has 4 nitrogen and oxygen atoms in total. The van der Waals surface area contributed by atoms with E-state index in [1.165, 1.54) is 0 Å². The van der Waals surface area contributed by atoms with Gasteiger partial charge in [-0.05, 0) is 36.8 Å². The van der Waals surface area contributed by atoms with Gasteiger partial charge in [0.05, 0.1) is 23.9 Å². The number of ether oxygens (including phenoxy) is 1. The minimum Gasteiger partial charge on any atom is -0.507 e. The first kappa shape index (κ1) is 13.2. The molecule has 0 aliphatic heterocycles. The predicted octanol–water partition coefficient (Wildman–Crippen LogP) is 4.03. The average Bonchev–Trinajstić information content (AvgIpc) is 2.89. The Bertz CT molecular complexity index is 760. The number of para-hydroxylation sites is 1. The zero-order chi connectivity index (χ0) is 14.8. The molecule has 106 valence electrons. The molecule has 2 aromatic carbocycles. The number of aromatic nitrogens is 1. The van der Waals surface area contributed by atoms with Gasteiger partial charge in [0, 0.05) is 0 Å². The summed E-state index contributed by atoms with van der Waals surface area (Å²) in [6.45, 7) is 1.88. The number of rotatable bonds is 3. The molecule has 0 radical (unpaired) electrons. The molecule has 1 N–H and O–H groups in total. The highest BCUT2D eigenvalue weighted by Crippen LogP contribution is 2.38. The van der Waals surface area contributed by atoms with Crippen LogP contribution in [0.1, 0.15) is 5.69 Å². The van der Waals surface area contributed by atoms with Gasteiger partial charge in [-0.2, -0.15) is 0 Å². The Kier molecular flexibility index (Phi) is 3.36. The number of aromatic hydroxyl groups is 1. The lowest BCUT2D eigenvalue weighted by atomic mass is 9.99. The van der Waals surface area contributed by atoms with Crippen LogP contribution in [-0.2, 0) is 0 Å². The quantitative estimate of drug-likeness (QED) is 0.787. The van der Waals surface area contributed by atoms with E-state index < -0.39 is 0 Å². The van der Waals surface area contributed by atoms with E-state index >= 15 is 0 Å². The van der Waals surface area contributed by atoms with Crippen molar-refractivity contribution in [2.24, 2.45) is 0 Å². The van der Waals surface area contributed by atoms with Gasteiger partial charge in [-0.3, -0.25) is 0 Å². The molecule has 1 heterocycles. The minimum atomic E-state index is 0.170. The number of aryl methyl sites for hydroxylation is 1. The molecule has 0 aliphatic carbocycles. The van der Waals surface area contributed by atoms with E-state index in [4.69, 9.17) is 9.26 Å².